The molecule has 0 N–H and O–H groups in total. The zero-order valence-electron chi connectivity index (χ0n) is 22.8. The molecule has 2 heterocycles. The number of ether oxygens (including phenoxy) is 2. The first-order valence-electron chi connectivity index (χ1n) is 12.9. The van der Waals surface area contributed by atoms with Gasteiger partial charge in [0.25, 0.3) is 0 Å². The first kappa shape index (κ1) is 26.4. The highest BCUT2D eigenvalue weighted by Crippen LogP contribution is 2.31. The van der Waals surface area contributed by atoms with Crippen LogP contribution in [0.1, 0.15) is 31.4 Å². The minimum atomic E-state index is -0.618. The minimum absolute atomic E-state index is 0.155. The Labute approximate surface area is 227 Å². The van der Waals surface area contributed by atoms with Gasteiger partial charge in [0.05, 0.1) is 59.2 Å². The number of benzene rings is 2. The molecule has 198 valence electrons. The Morgan fingerprint density at radius 3 is 2.67 bits per heavy atom. The van der Waals surface area contributed by atoms with Gasteiger partial charge in [0.2, 0.25) is 0 Å². The first-order chi connectivity index (χ1) is 18.7. The summed E-state index contributed by atoms with van der Waals surface area (Å²) in [5.41, 5.74) is 6.27. The number of nitrogens with zero attached hydrogens (tertiary/aromatic N) is 4. The summed E-state index contributed by atoms with van der Waals surface area (Å²) in [6.07, 6.45) is 8.53. The molecule has 0 bridgehead atoms. The van der Waals surface area contributed by atoms with Gasteiger partial charge in [-0.3, -0.25) is 14.1 Å². The average molecular weight is 521 g/mol. The van der Waals surface area contributed by atoms with E-state index in [2.05, 4.69) is 41.9 Å². The number of methoxy groups -OCH3 is 1. The van der Waals surface area contributed by atoms with Crippen molar-refractivity contribution in [2.45, 2.75) is 31.8 Å². The summed E-state index contributed by atoms with van der Waals surface area (Å²) in [7, 11) is 3.42. The van der Waals surface area contributed by atoms with Crippen LogP contribution in [-0.2, 0) is 21.9 Å². The molecule has 4 aromatic rings. The molecular weight excluding hydrogens is 488 g/mol. The molecule has 2 aromatic carbocycles. The van der Waals surface area contributed by atoms with Crippen LogP contribution < -0.4 is 5.69 Å². The Hall–Kier alpha value is -4.25. The molecule has 0 fully saturated rings. The molecule has 0 amide bonds. The fourth-order valence-electron chi connectivity index (χ4n) is 4.91. The molecule has 7 nitrogen and oxygen atoms in total. The van der Waals surface area contributed by atoms with Crippen molar-refractivity contribution in [3.8, 4) is 11.8 Å². The van der Waals surface area contributed by atoms with E-state index in [1.165, 1.54) is 0 Å². The van der Waals surface area contributed by atoms with E-state index in [0.29, 0.717) is 19.6 Å². The monoisotopic (exact) mass is 520 g/mol. The number of aryl methyl sites for hydroxylation is 1. The van der Waals surface area contributed by atoms with E-state index < -0.39 is 5.41 Å². The summed E-state index contributed by atoms with van der Waals surface area (Å²) in [5.74, 6) is 0. The first-order valence-corrected chi connectivity index (χ1v) is 12.9. The molecule has 1 aliphatic carbocycles. The Balaban J connectivity index is 1.62. The van der Waals surface area contributed by atoms with E-state index in [-0.39, 0.29) is 11.8 Å². The number of fused-ring (bicyclic) bond motifs is 3. The molecule has 7 heteroatoms. The predicted octanol–water partition coefficient (Wildman–Crippen LogP) is 5.61. The van der Waals surface area contributed by atoms with Gasteiger partial charge in [0.15, 0.2) is 0 Å². The summed E-state index contributed by atoms with van der Waals surface area (Å²) in [5, 5.41) is 10.4. The van der Waals surface area contributed by atoms with E-state index in [4.69, 9.17) is 9.47 Å². The number of nitriles is 1. The minimum Gasteiger partial charge on any atom is -0.382 e. The lowest BCUT2D eigenvalue weighted by Gasteiger charge is -2.16. The molecule has 0 saturated heterocycles. The topological polar surface area (TPSA) is 82.1 Å². The molecule has 5 rings (SSSR count). The van der Waals surface area contributed by atoms with Crippen LogP contribution in [0.2, 0.25) is 0 Å². The van der Waals surface area contributed by atoms with E-state index in [1.807, 2.05) is 50.3 Å². The van der Waals surface area contributed by atoms with Gasteiger partial charge in [-0.2, -0.15) is 5.26 Å². The lowest BCUT2D eigenvalue weighted by atomic mass is 9.86. The SMILES string of the molecule is C=C1CC=C(c2ccc3ncc4c(c3c2)n(-c2ccc(C(C)(C)C#N)cc2)c(=O)n4C)C=CC1OCCOC. The zero-order valence-corrected chi connectivity index (χ0v) is 22.8. The van der Waals surface area contributed by atoms with Crippen LogP contribution in [0.15, 0.2) is 83.8 Å². The third-order valence-corrected chi connectivity index (χ3v) is 7.37. The standard InChI is InChI=1S/C32H32N4O3/c1-21-6-7-22(9-15-29(21)39-17-16-38-5)23-8-14-27-26(18-23)30-28(19-34-27)35(4)31(37)36(30)25-12-10-24(11-13-25)32(2,3)20-33/h7-15,18-19,29H,1,6,16-17H2,2-5H3. The maximum atomic E-state index is 13.5. The zero-order chi connectivity index (χ0) is 27.7. The number of allylic oxidation sites excluding steroid dienone is 3. The van der Waals surface area contributed by atoms with E-state index in [9.17, 15) is 10.1 Å². The normalized spacial score (nSPS) is 15.9. The van der Waals surface area contributed by atoms with Crippen molar-refractivity contribution < 1.29 is 9.47 Å². The highest BCUT2D eigenvalue weighted by Gasteiger charge is 2.21. The second kappa shape index (κ2) is 10.5. The van der Waals surface area contributed by atoms with Gasteiger partial charge in [-0.05, 0) is 66.8 Å². The summed E-state index contributed by atoms with van der Waals surface area (Å²) in [4.78, 5) is 18.1. The third kappa shape index (κ3) is 4.85. The third-order valence-electron chi connectivity index (χ3n) is 7.37. The van der Waals surface area contributed by atoms with Crippen molar-refractivity contribution in [3.05, 3.63) is 101 Å². The van der Waals surface area contributed by atoms with Crippen molar-refractivity contribution in [2.24, 2.45) is 7.05 Å². The fourth-order valence-corrected chi connectivity index (χ4v) is 4.91. The Bertz CT molecular complexity index is 1730. The largest absolute Gasteiger partial charge is 0.382 e. The van der Waals surface area contributed by atoms with Gasteiger partial charge in [0, 0.05) is 19.5 Å². The molecule has 39 heavy (non-hydrogen) atoms. The smallest absolute Gasteiger partial charge is 0.333 e. The number of aromatic nitrogens is 3. The molecule has 0 spiro atoms. The number of hydrogen-bond acceptors (Lipinski definition) is 5. The summed E-state index contributed by atoms with van der Waals surface area (Å²) < 4.78 is 14.4. The Morgan fingerprint density at radius 2 is 1.95 bits per heavy atom. The van der Waals surface area contributed by atoms with Crippen LogP contribution in [0.4, 0.5) is 0 Å². The molecule has 0 aliphatic heterocycles. The maximum absolute atomic E-state index is 13.5. The average Bonchev–Trinajstić information content (AvgIpc) is 3.07. The molecule has 0 saturated carbocycles. The van der Waals surface area contributed by atoms with Crippen molar-refractivity contribution in [2.75, 3.05) is 20.3 Å². The summed E-state index contributed by atoms with van der Waals surface area (Å²) in [6, 6.07) is 16.1. The number of rotatable bonds is 7. The second-order valence-electron chi connectivity index (χ2n) is 10.3. The second-order valence-corrected chi connectivity index (χ2v) is 10.3. The van der Waals surface area contributed by atoms with Crippen LogP contribution >= 0.6 is 0 Å². The van der Waals surface area contributed by atoms with Crippen molar-refractivity contribution in [1.29, 1.82) is 5.26 Å². The van der Waals surface area contributed by atoms with Gasteiger partial charge in [-0.25, -0.2) is 4.79 Å². The molecule has 0 radical (unpaired) electrons. The van der Waals surface area contributed by atoms with Gasteiger partial charge in [-0.1, -0.05) is 43.0 Å². The van der Waals surface area contributed by atoms with E-state index >= 15 is 0 Å². The molecule has 2 aromatic heterocycles. The molecule has 1 aliphatic rings. The van der Waals surface area contributed by atoms with Gasteiger partial charge in [0.1, 0.15) is 0 Å². The molecule has 1 atom stereocenters. The van der Waals surface area contributed by atoms with Crippen LogP contribution in [-0.4, -0.2) is 40.5 Å². The molecular formula is C32H32N4O3. The fraction of sp³-hybridized carbons (Fsp3) is 0.281. The molecule has 1 unspecified atom stereocenters. The predicted molar refractivity (Wildman–Crippen MR) is 155 cm³/mol. The summed E-state index contributed by atoms with van der Waals surface area (Å²) in [6.45, 7) is 9.00. The Morgan fingerprint density at radius 1 is 1.18 bits per heavy atom. The Kier molecular flexibility index (Phi) is 7.09. The maximum Gasteiger partial charge on any atom is 0.333 e. The van der Waals surface area contributed by atoms with Crippen LogP contribution in [0, 0.1) is 11.3 Å². The lowest BCUT2D eigenvalue weighted by molar-refractivity contribution is 0.0538. The van der Waals surface area contributed by atoms with E-state index in [1.54, 1.807) is 29.5 Å². The number of pyridine rings is 1. The van der Waals surface area contributed by atoms with Crippen molar-refractivity contribution in [3.63, 3.8) is 0 Å². The quantitative estimate of drug-likeness (QED) is 0.234. The lowest BCUT2D eigenvalue weighted by Crippen LogP contribution is -2.21. The van der Waals surface area contributed by atoms with Gasteiger partial charge < -0.3 is 9.47 Å². The van der Waals surface area contributed by atoms with Gasteiger partial charge >= 0.3 is 5.69 Å². The highest BCUT2D eigenvalue weighted by atomic mass is 16.5. The summed E-state index contributed by atoms with van der Waals surface area (Å²) >= 11 is 0. The van der Waals surface area contributed by atoms with Crippen LogP contribution in [0.5, 0.6) is 0 Å². The van der Waals surface area contributed by atoms with Crippen LogP contribution in [0.3, 0.4) is 0 Å². The van der Waals surface area contributed by atoms with Crippen molar-refractivity contribution >= 4 is 27.5 Å². The van der Waals surface area contributed by atoms with Gasteiger partial charge in [-0.15, -0.1) is 0 Å². The number of imidazole rings is 1. The van der Waals surface area contributed by atoms with Crippen LogP contribution in [0.25, 0.3) is 33.2 Å². The van der Waals surface area contributed by atoms with E-state index in [0.717, 1.165) is 49.9 Å². The van der Waals surface area contributed by atoms with Crippen molar-refractivity contribution in [1.82, 2.24) is 14.1 Å². The number of hydrogen-bond donors (Lipinski definition) is 0. The highest BCUT2D eigenvalue weighted by molar-refractivity contribution is 6.04.